The monoisotopic (exact) mass is 464 g/mol. The summed E-state index contributed by atoms with van der Waals surface area (Å²) in [7, 11) is 5.38. The highest BCUT2D eigenvalue weighted by atomic mass is 16.6. The standard InChI is InChI=1S/C10H10O3.C7H6O4.C6H12O3/c1-7(11)8-3-5-9(6-4-8)10(12)13-2;1-10-7(9)5-2-3-6(8)11-4-5;1-6(2,9-4)5(7)8-3/h3-6H,1-2H3;2-4H,1H3;1-4H3. The lowest BCUT2D eigenvalue weighted by atomic mass is 10.1. The predicted octanol–water partition coefficient (Wildman–Crippen LogP) is 2.69. The van der Waals surface area contributed by atoms with Crippen LogP contribution in [-0.2, 0) is 23.7 Å². The summed E-state index contributed by atoms with van der Waals surface area (Å²) < 4.78 is 22.6. The van der Waals surface area contributed by atoms with E-state index in [9.17, 15) is 24.0 Å². The Bertz CT molecular complexity index is 967. The molecule has 0 aliphatic heterocycles. The average Bonchev–Trinajstić information content (AvgIpc) is 2.83. The van der Waals surface area contributed by atoms with Crippen molar-refractivity contribution in [3.05, 3.63) is 69.8 Å². The van der Waals surface area contributed by atoms with E-state index >= 15 is 0 Å². The third-order valence-electron chi connectivity index (χ3n) is 4.02. The van der Waals surface area contributed by atoms with Gasteiger partial charge in [-0.05, 0) is 39.0 Å². The normalized spacial score (nSPS) is 9.79. The molecule has 0 aliphatic carbocycles. The van der Waals surface area contributed by atoms with Crippen molar-refractivity contribution < 1.29 is 42.5 Å². The van der Waals surface area contributed by atoms with Gasteiger partial charge in [-0.3, -0.25) is 4.79 Å². The highest BCUT2D eigenvalue weighted by Crippen LogP contribution is 2.08. The van der Waals surface area contributed by atoms with Gasteiger partial charge in [0.05, 0.1) is 32.5 Å². The molecule has 1 heterocycles. The van der Waals surface area contributed by atoms with E-state index in [-0.39, 0.29) is 17.3 Å². The molecule has 0 saturated heterocycles. The van der Waals surface area contributed by atoms with Crippen LogP contribution in [0.3, 0.4) is 0 Å². The van der Waals surface area contributed by atoms with Crippen LogP contribution in [0.5, 0.6) is 0 Å². The maximum absolute atomic E-state index is 11.0. The van der Waals surface area contributed by atoms with E-state index in [0.717, 1.165) is 12.3 Å². The van der Waals surface area contributed by atoms with E-state index in [2.05, 4.69) is 18.6 Å². The lowest BCUT2D eigenvalue weighted by Gasteiger charge is -2.18. The Kier molecular flexibility index (Phi) is 12.7. The Morgan fingerprint density at radius 2 is 1.18 bits per heavy atom. The van der Waals surface area contributed by atoms with Crippen molar-refractivity contribution in [2.24, 2.45) is 0 Å². The summed E-state index contributed by atoms with van der Waals surface area (Å²) in [6, 6.07) is 8.86. The number of methoxy groups -OCH3 is 4. The Labute approximate surface area is 191 Å². The smallest absolute Gasteiger partial charge is 0.341 e. The van der Waals surface area contributed by atoms with Gasteiger partial charge in [-0.1, -0.05) is 12.1 Å². The third kappa shape index (κ3) is 10.4. The molecule has 0 radical (unpaired) electrons. The largest absolute Gasteiger partial charge is 0.467 e. The minimum atomic E-state index is -0.811. The van der Waals surface area contributed by atoms with Crippen LogP contribution in [0, 0.1) is 0 Å². The molecule has 33 heavy (non-hydrogen) atoms. The molecule has 0 spiro atoms. The number of carbonyl (C=O) groups excluding carboxylic acids is 4. The first-order valence-electron chi connectivity index (χ1n) is 9.43. The van der Waals surface area contributed by atoms with Crippen LogP contribution in [0.15, 0.2) is 51.9 Å². The van der Waals surface area contributed by atoms with Crippen LogP contribution >= 0.6 is 0 Å². The molecular weight excluding hydrogens is 436 g/mol. The molecule has 180 valence electrons. The molecule has 1 aromatic carbocycles. The van der Waals surface area contributed by atoms with Crippen molar-refractivity contribution in [2.45, 2.75) is 26.4 Å². The van der Waals surface area contributed by atoms with Crippen molar-refractivity contribution in [3.63, 3.8) is 0 Å². The van der Waals surface area contributed by atoms with E-state index in [4.69, 9.17) is 4.74 Å². The number of ketones is 1. The van der Waals surface area contributed by atoms with Crippen LogP contribution in [-0.4, -0.2) is 57.7 Å². The van der Waals surface area contributed by atoms with Gasteiger partial charge in [-0.25, -0.2) is 19.2 Å². The van der Waals surface area contributed by atoms with Gasteiger partial charge in [0, 0.05) is 18.7 Å². The number of hydrogen-bond donors (Lipinski definition) is 0. The summed E-state index contributed by atoms with van der Waals surface area (Å²) in [5, 5.41) is 0. The SMILES string of the molecule is COC(=O)C(C)(C)OC.COC(=O)c1ccc(=O)oc1.COC(=O)c1ccc(C(C)=O)cc1. The summed E-state index contributed by atoms with van der Waals surface area (Å²) >= 11 is 0. The molecule has 0 N–H and O–H groups in total. The number of Topliss-reactive ketones (excluding diaryl/α,β-unsaturated/α-hetero) is 1. The fourth-order valence-electron chi connectivity index (χ4n) is 1.88. The van der Waals surface area contributed by atoms with Crippen molar-refractivity contribution in [3.8, 4) is 0 Å². The molecule has 2 aromatic rings. The maximum Gasteiger partial charge on any atom is 0.341 e. The molecule has 0 fully saturated rings. The zero-order valence-electron chi connectivity index (χ0n) is 19.6. The molecule has 0 aliphatic rings. The quantitative estimate of drug-likeness (QED) is 0.369. The summed E-state index contributed by atoms with van der Waals surface area (Å²) in [4.78, 5) is 53.7. The first-order chi connectivity index (χ1) is 15.4. The molecule has 1 aromatic heterocycles. The van der Waals surface area contributed by atoms with E-state index in [0.29, 0.717) is 11.1 Å². The number of ether oxygens (including phenoxy) is 4. The summed E-state index contributed by atoms with van der Waals surface area (Å²) in [5.74, 6) is -1.29. The Morgan fingerprint density at radius 3 is 1.52 bits per heavy atom. The molecule has 0 amide bonds. The van der Waals surface area contributed by atoms with Gasteiger partial charge in [0.1, 0.15) is 6.26 Å². The highest BCUT2D eigenvalue weighted by molar-refractivity contribution is 5.96. The second kappa shape index (κ2) is 14.3. The first-order valence-corrected chi connectivity index (χ1v) is 9.43. The van der Waals surface area contributed by atoms with Crippen molar-refractivity contribution in [1.82, 2.24) is 0 Å². The lowest BCUT2D eigenvalue weighted by Crippen LogP contribution is -2.34. The summed E-state index contributed by atoms with van der Waals surface area (Å²) in [6.45, 7) is 4.78. The zero-order valence-corrected chi connectivity index (χ0v) is 19.6. The van der Waals surface area contributed by atoms with E-state index in [1.165, 1.54) is 41.4 Å². The minimum absolute atomic E-state index is 0.0172. The van der Waals surface area contributed by atoms with Gasteiger partial charge in [-0.15, -0.1) is 0 Å². The average molecular weight is 464 g/mol. The van der Waals surface area contributed by atoms with E-state index < -0.39 is 23.2 Å². The van der Waals surface area contributed by atoms with Gasteiger partial charge in [0.25, 0.3) is 0 Å². The number of hydrogen-bond acceptors (Lipinski definition) is 10. The molecule has 0 saturated carbocycles. The van der Waals surface area contributed by atoms with Crippen molar-refractivity contribution >= 4 is 23.7 Å². The number of benzene rings is 1. The third-order valence-corrected chi connectivity index (χ3v) is 4.02. The second-order valence-corrected chi connectivity index (χ2v) is 6.67. The van der Waals surface area contributed by atoms with Crippen LogP contribution < -0.4 is 5.63 Å². The highest BCUT2D eigenvalue weighted by Gasteiger charge is 2.27. The molecule has 2 rings (SSSR count). The predicted molar refractivity (Wildman–Crippen MR) is 117 cm³/mol. The molecule has 10 nitrogen and oxygen atoms in total. The minimum Gasteiger partial charge on any atom is -0.467 e. The Hall–Kier alpha value is -3.79. The van der Waals surface area contributed by atoms with Gasteiger partial charge < -0.3 is 23.4 Å². The van der Waals surface area contributed by atoms with Crippen molar-refractivity contribution in [2.75, 3.05) is 28.4 Å². The first kappa shape index (κ1) is 29.2. The molecular formula is C23H28O10. The zero-order chi connectivity index (χ0) is 25.6. The molecule has 0 bridgehead atoms. The Balaban J connectivity index is 0.000000475. The van der Waals surface area contributed by atoms with Gasteiger partial charge >= 0.3 is 23.5 Å². The van der Waals surface area contributed by atoms with Crippen LogP contribution in [0.25, 0.3) is 0 Å². The maximum atomic E-state index is 11.0. The van der Waals surface area contributed by atoms with Gasteiger partial charge in [0.15, 0.2) is 11.4 Å². The number of rotatable bonds is 5. The number of carbonyl (C=O) groups is 4. The number of esters is 3. The van der Waals surface area contributed by atoms with Crippen LogP contribution in [0.4, 0.5) is 0 Å². The van der Waals surface area contributed by atoms with Crippen molar-refractivity contribution in [1.29, 1.82) is 0 Å². The van der Waals surface area contributed by atoms with Gasteiger partial charge in [-0.2, -0.15) is 0 Å². The molecule has 0 unspecified atom stereocenters. The lowest BCUT2D eigenvalue weighted by molar-refractivity contribution is -0.161. The fraction of sp³-hybridized carbons (Fsp3) is 0.348. The second-order valence-electron chi connectivity index (χ2n) is 6.67. The van der Waals surface area contributed by atoms with Crippen LogP contribution in [0.1, 0.15) is 51.8 Å². The molecule has 10 heteroatoms. The van der Waals surface area contributed by atoms with Crippen LogP contribution in [0.2, 0.25) is 0 Å². The fourth-order valence-corrected chi connectivity index (χ4v) is 1.88. The summed E-state index contributed by atoms with van der Waals surface area (Å²) in [5.41, 5.74) is -0.0284. The topological polar surface area (TPSA) is 135 Å². The Morgan fingerprint density at radius 1 is 0.727 bits per heavy atom. The summed E-state index contributed by atoms with van der Waals surface area (Å²) in [6.07, 6.45) is 1.06. The molecule has 0 atom stereocenters. The van der Waals surface area contributed by atoms with E-state index in [1.54, 1.807) is 38.1 Å². The van der Waals surface area contributed by atoms with Gasteiger partial charge in [0.2, 0.25) is 0 Å². The van der Waals surface area contributed by atoms with E-state index in [1.807, 2.05) is 0 Å².